The lowest BCUT2D eigenvalue weighted by Gasteiger charge is -2.29. The molecule has 0 aliphatic heterocycles. The first kappa shape index (κ1) is 54.0. The van der Waals surface area contributed by atoms with E-state index in [0.29, 0.717) is 17.4 Å². The van der Waals surface area contributed by atoms with Crippen LogP contribution in [0.2, 0.25) is 0 Å². The largest absolute Gasteiger partial charge is 0.756 e. The lowest BCUT2D eigenvalue weighted by Crippen LogP contribution is -2.45. The second-order valence-electron chi connectivity index (χ2n) is 17.1. The number of unbranched alkanes of at least 4 members (excludes halogenated alkanes) is 27. The normalized spacial score (nSPS) is 14.5. The predicted octanol–water partition coefficient (Wildman–Crippen LogP) is 12.3. The second kappa shape index (κ2) is 38.5. The molecule has 326 valence electrons. The summed E-state index contributed by atoms with van der Waals surface area (Å²) in [7, 11) is 1.25. The third kappa shape index (κ3) is 41.0. The van der Waals surface area contributed by atoms with E-state index in [4.69, 9.17) is 9.05 Å². The molecule has 0 bridgehead atoms. The number of nitrogens with one attached hydrogen (secondary N) is 1. The average Bonchev–Trinajstić information content (AvgIpc) is 3.13. The van der Waals surface area contributed by atoms with E-state index in [1.54, 1.807) is 6.08 Å². The Hall–Kier alpha value is -1.02. The molecule has 0 spiro atoms. The fourth-order valence-corrected chi connectivity index (χ4v) is 7.42. The predicted molar refractivity (Wildman–Crippen MR) is 233 cm³/mol. The second-order valence-corrected chi connectivity index (χ2v) is 18.5. The highest BCUT2D eigenvalue weighted by Crippen LogP contribution is 2.38. The van der Waals surface area contributed by atoms with Gasteiger partial charge in [0.25, 0.3) is 7.82 Å². The van der Waals surface area contributed by atoms with Crippen LogP contribution in [0.15, 0.2) is 24.3 Å². The SMILES string of the molecule is CCCCCCCCCCCCC/C=C/[C@H](O)[C@@H](COP(=O)([O-])OCC[N+](C)(C)C)NC(=O)CC/C=C\CCCCCCCCCCCCCCCCCC. The molecule has 0 aliphatic carbocycles. The lowest BCUT2D eigenvalue weighted by atomic mass is 10.0. The van der Waals surface area contributed by atoms with Crippen LogP contribution in [-0.2, 0) is 18.4 Å². The van der Waals surface area contributed by atoms with Crippen LogP contribution >= 0.6 is 7.82 Å². The first-order valence-electron chi connectivity index (χ1n) is 23.2. The first-order valence-corrected chi connectivity index (χ1v) is 24.7. The molecular formula is C46H91N2O6P. The number of likely N-dealkylation sites (N-methyl/N-ethyl adjacent to an activating group) is 1. The number of hydrogen-bond donors (Lipinski definition) is 2. The van der Waals surface area contributed by atoms with E-state index in [1.807, 2.05) is 33.3 Å². The zero-order valence-corrected chi connectivity index (χ0v) is 37.8. The molecule has 0 saturated heterocycles. The van der Waals surface area contributed by atoms with Crippen molar-refractivity contribution < 1.29 is 32.9 Å². The highest BCUT2D eigenvalue weighted by atomic mass is 31.2. The summed E-state index contributed by atoms with van der Waals surface area (Å²) in [5.41, 5.74) is 0. The first-order chi connectivity index (χ1) is 26.5. The molecule has 0 rings (SSSR count). The molecule has 0 fully saturated rings. The Morgan fingerprint density at radius 3 is 1.42 bits per heavy atom. The molecule has 0 aromatic carbocycles. The third-order valence-electron chi connectivity index (χ3n) is 10.4. The van der Waals surface area contributed by atoms with Crippen molar-refractivity contribution in [3.8, 4) is 0 Å². The van der Waals surface area contributed by atoms with E-state index in [-0.39, 0.29) is 18.9 Å². The molecule has 0 radical (unpaired) electrons. The number of nitrogens with zero attached hydrogens (tertiary/aromatic N) is 1. The van der Waals surface area contributed by atoms with Crippen molar-refractivity contribution in [1.29, 1.82) is 0 Å². The molecule has 0 aromatic rings. The number of rotatable bonds is 42. The van der Waals surface area contributed by atoms with E-state index in [0.717, 1.165) is 25.7 Å². The minimum Gasteiger partial charge on any atom is -0.756 e. The Labute approximate surface area is 341 Å². The molecule has 1 unspecified atom stereocenters. The summed E-state index contributed by atoms with van der Waals surface area (Å²) in [6.45, 7) is 4.63. The summed E-state index contributed by atoms with van der Waals surface area (Å²) in [6.07, 6.45) is 45.2. The van der Waals surface area contributed by atoms with Crippen molar-refractivity contribution in [3.05, 3.63) is 24.3 Å². The van der Waals surface area contributed by atoms with Crippen LogP contribution in [0.1, 0.15) is 213 Å². The molecule has 9 heteroatoms. The number of carbonyl (C=O) groups is 1. The summed E-state index contributed by atoms with van der Waals surface area (Å²) in [6, 6.07) is -0.903. The average molecular weight is 799 g/mol. The van der Waals surface area contributed by atoms with Crippen molar-refractivity contribution in [1.82, 2.24) is 5.32 Å². The Kier molecular flexibility index (Phi) is 37.8. The van der Waals surface area contributed by atoms with E-state index in [2.05, 4.69) is 25.2 Å². The van der Waals surface area contributed by atoms with Crippen LogP contribution in [0.3, 0.4) is 0 Å². The summed E-state index contributed by atoms with van der Waals surface area (Å²) in [5.74, 6) is -0.245. The quantitative estimate of drug-likeness (QED) is 0.0276. The van der Waals surface area contributed by atoms with Crippen molar-refractivity contribution in [3.63, 3.8) is 0 Å². The highest BCUT2D eigenvalue weighted by molar-refractivity contribution is 7.45. The van der Waals surface area contributed by atoms with E-state index >= 15 is 0 Å². The molecule has 0 saturated carbocycles. The number of phosphoric acid groups is 1. The molecular weight excluding hydrogens is 707 g/mol. The topological polar surface area (TPSA) is 108 Å². The van der Waals surface area contributed by atoms with Gasteiger partial charge in [0.15, 0.2) is 0 Å². The van der Waals surface area contributed by atoms with Crippen molar-refractivity contribution >= 4 is 13.7 Å². The summed E-state index contributed by atoms with van der Waals surface area (Å²) < 4.78 is 23.2. The monoisotopic (exact) mass is 799 g/mol. The van der Waals surface area contributed by atoms with E-state index < -0.39 is 26.6 Å². The van der Waals surface area contributed by atoms with E-state index in [9.17, 15) is 19.4 Å². The number of allylic oxidation sites excluding steroid dienone is 3. The van der Waals surface area contributed by atoms with Gasteiger partial charge in [-0.1, -0.05) is 199 Å². The van der Waals surface area contributed by atoms with Gasteiger partial charge in [0.05, 0.1) is 39.9 Å². The van der Waals surface area contributed by atoms with Gasteiger partial charge in [-0.05, 0) is 32.1 Å². The van der Waals surface area contributed by atoms with Gasteiger partial charge in [-0.3, -0.25) is 9.36 Å². The molecule has 1 amide bonds. The molecule has 3 atom stereocenters. The van der Waals surface area contributed by atoms with Crippen LogP contribution in [-0.4, -0.2) is 68.5 Å². The fourth-order valence-electron chi connectivity index (χ4n) is 6.70. The van der Waals surface area contributed by atoms with Gasteiger partial charge < -0.3 is 28.8 Å². The molecule has 0 heterocycles. The van der Waals surface area contributed by atoms with Gasteiger partial charge in [0.2, 0.25) is 5.91 Å². The molecule has 2 N–H and O–H groups in total. The van der Waals surface area contributed by atoms with Crippen molar-refractivity contribution in [2.75, 3.05) is 40.9 Å². The number of amides is 1. The Bertz CT molecular complexity index is 953. The molecule has 0 aliphatic rings. The van der Waals surface area contributed by atoms with Gasteiger partial charge in [-0.25, -0.2) is 0 Å². The van der Waals surface area contributed by atoms with Crippen LogP contribution in [0.4, 0.5) is 0 Å². The minimum absolute atomic E-state index is 0.00546. The number of aliphatic hydroxyl groups is 1. The van der Waals surface area contributed by atoms with Crippen LogP contribution in [0.25, 0.3) is 0 Å². The minimum atomic E-state index is -4.59. The van der Waals surface area contributed by atoms with Gasteiger partial charge in [-0.15, -0.1) is 0 Å². The van der Waals surface area contributed by atoms with Crippen LogP contribution < -0.4 is 10.2 Å². The van der Waals surface area contributed by atoms with Crippen molar-refractivity contribution in [2.24, 2.45) is 0 Å². The van der Waals surface area contributed by atoms with E-state index in [1.165, 1.54) is 161 Å². The van der Waals surface area contributed by atoms with Gasteiger partial charge >= 0.3 is 0 Å². The molecule has 55 heavy (non-hydrogen) atoms. The van der Waals surface area contributed by atoms with Gasteiger partial charge in [0.1, 0.15) is 13.2 Å². The van der Waals surface area contributed by atoms with Crippen LogP contribution in [0, 0.1) is 0 Å². The maximum Gasteiger partial charge on any atom is 0.268 e. The standard InChI is InChI=1S/C46H91N2O6P/c1-6-8-10-12-14-16-18-20-21-22-23-24-25-26-28-30-32-34-36-38-40-46(50)47-44(43-54-55(51,52)53-42-41-48(3,4)5)45(49)39-37-35-33-31-29-27-19-17-15-13-11-9-7-2/h34,36-37,39,44-45,49H,6-33,35,38,40-43H2,1-5H3,(H-,47,50,51,52)/b36-34-,39-37+/t44-,45+/m1/s1. The number of carbonyl (C=O) groups excluding carboxylic acids is 1. The summed E-state index contributed by atoms with van der Waals surface area (Å²) in [4.78, 5) is 25.3. The smallest absolute Gasteiger partial charge is 0.268 e. The zero-order valence-electron chi connectivity index (χ0n) is 36.9. The summed E-state index contributed by atoms with van der Waals surface area (Å²) in [5, 5.41) is 13.7. The van der Waals surface area contributed by atoms with Gasteiger partial charge in [-0.2, -0.15) is 0 Å². The number of phosphoric ester groups is 1. The number of hydrogen-bond acceptors (Lipinski definition) is 6. The maximum atomic E-state index is 12.8. The molecule has 8 nitrogen and oxygen atoms in total. The Morgan fingerprint density at radius 2 is 1.00 bits per heavy atom. The van der Waals surface area contributed by atoms with Crippen LogP contribution in [0.5, 0.6) is 0 Å². The molecule has 0 aromatic heterocycles. The Balaban J connectivity index is 4.37. The maximum absolute atomic E-state index is 12.8. The fraction of sp³-hybridized carbons (Fsp3) is 0.891. The zero-order chi connectivity index (χ0) is 40.7. The van der Waals surface area contributed by atoms with Gasteiger partial charge in [0, 0.05) is 6.42 Å². The Morgan fingerprint density at radius 1 is 0.618 bits per heavy atom. The number of quaternary nitrogens is 1. The summed E-state index contributed by atoms with van der Waals surface area (Å²) >= 11 is 0. The van der Waals surface area contributed by atoms with Crippen molar-refractivity contribution in [2.45, 2.75) is 225 Å². The third-order valence-corrected chi connectivity index (χ3v) is 11.4. The lowest BCUT2D eigenvalue weighted by molar-refractivity contribution is -0.870. The number of aliphatic hydroxyl groups excluding tert-OH is 1. The highest BCUT2D eigenvalue weighted by Gasteiger charge is 2.23.